The summed E-state index contributed by atoms with van der Waals surface area (Å²) in [4.78, 5) is 10.2. The van der Waals surface area contributed by atoms with E-state index < -0.39 is 8.32 Å². The van der Waals surface area contributed by atoms with Gasteiger partial charge in [0.05, 0.1) is 6.10 Å². The van der Waals surface area contributed by atoms with E-state index in [4.69, 9.17) is 0 Å². The third-order valence-corrected chi connectivity index (χ3v) is 7.57. The Kier molecular flexibility index (Phi) is 6.67. The predicted octanol–water partition coefficient (Wildman–Crippen LogP) is 3.71. The molecular formula is C14H30O2Si. The van der Waals surface area contributed by atoms with Gasteiger partial charge in [0.25, 0.3) is 0 Å². The monoisotopic (exact) mass is 258 g/mol. The van der Waals surface area contributed by atoms with Gasteiger partial charge in [-0.2, -0.15) is 0 Å². The van der Waals surface area contributed by atoms with Gasteiger partial charge in [-0.15, -0.1) is 6.58 Å². The van der Waals surface area contributed by atoms with Crippen molar-refractivity contribution in [3.05, 3.63) is 12.7 Å². The highest BCUT2D eigenvalue weighted by molar-refractivity contribution is 6.72. The highest BCUT2D eigenvalue weighted by atomic mass is 28.4. The van der Waals surface area contributed by atoms with Crippen LogP contribution in [0.5, 0.6) is 0 Å². The van der Waals surface area contributed by atoms with Crippen molar-refractivity contribution >= 4 is 8.32 Å². The lowest BCUT2D eigenvalue weighted by Crippen LogP contribution is -2.38. The van der Waals surface area contributed by atoms with Crippen molar-refractivity contribution in [2.24, 2.45) is 5.92 Å². The number of allylic oxidation sites excluding steroid dienone is 1. The number of aliphatic hydroxyl groups is 1. The van der Waals surface area contributed by atoms with Gasteiger partial charge in [-0.1, -0.05) is 26.3 Å². The summed E-state index contributed by atoms with van der Waals surface area (Å²) in [6.45, 7) is 14.0. The molecule has 0 rings (SSSR count). The fraction of sp³-hybridized carbons (Fsp3) is 0.857. The highest BCUT2D eigenvalue weighted by Crippen LogP contribution is 2.40. The molecule has 0 saturated heterocycles. The molecule has 0 aliphatic rings. The normalized spacial score (nSPS) is 16.6. The van der Waals surface area contributed by atoms with Crippen molar-refractivity contribution < 1.29 is 9.90 Å². The molecule has 0 aliphatic heterocycles. The standard InChI is InChI=1S/C14H30O2Si/c1-7-13(11-12(2)15)9-8-10-14(3,4)17(5,6)16/h7,12-13,15-16H,1,8-11H2,2-6H3/t12-,13+/m0/s1. The van der Waals surface area contributed by atoms with Gasteiger partial charge in [0.2, 0.25) is 0 Å². The first kappa shape index (κ1) is 16.9. The van der Waals surface area contributed by atoms with Gasteiger partial charge in [0.1, 0.15) is 0 Å². The minimum Gasteiger partial charge on any atom is -0.432 e. The van der Waals surface area contributed by atoms with E-state index in [1.54, 1.807) is 0 Å². The Morgan fingerprint density at radius 2 is 1.88 bits per heavy atom. The fourth-order valence-corrected chi connectivity index (χ4v) is 2.67. The van der Waals surface area contributed by atoms with Crippen molar-refractivity contribution in [2.45, 2.75) is 70.7 Å². The molecule has 2 nitrogen and oxygen atoms in total. The van der Waals surface area contributed by atoms with Crippen LogP contribution >= 0.6 is 0 Å². The molecule has 0 bridgehead atoms. The van der Waals surface area contributed by atoms with E-state index in [0.717, 1.165) is 25.7 Å². The maximum Gasteiger partial charge on any atom is 0.188 e. The predicted molar refractivity (Wildman–Crippen MR) is 77.6 cm³/mol. The molecule has 0 aliphatic carbocycles. The van der Waals surface area contributed by atoms with E-state index in [1.807, 2.05) is 26.1 Å². The number of hydrogen-bond donors (Lipinski definition) is 2. The van der Waals surface area contributed by atoms with Crippen LogP contribution in [0.15, 0.2) is 12.7 Å². The zero-order chi connectivity index (χ0) is 13.7. The number of rotatable bonds is 8. The Balaban J connectivity index is 4.09. The molecule has 0 aromatic carbocycles. The van der Waals surface area contributed by atoms with Crippen LogP contribution in [0.4, 0.5) is 0 Å². The van der Waals surface area contributed by atoms with Crippen molar-refractivity contribution in [1.82, 2.24) is 0 Å². The van der Waals surface area contributed by atoms with Crippen molar-refractivity contribution in [3.8, 4) is 0 Å². The van der Waals surface area contributed by atoms with Crippen LogP contribution in [-0.4, -0.2) is 24.3 Å². The summed E-state index contributed by atoms with van der Waals surface area (Å²) in [6.07, 6.45) is 5.68. The van der Waals surface area contributed by atoms with Crippen LogP contribution in [0.1, 0.15) is 46.5 Å². The summed E-state index contributed by atoms with van der Waals surface area (Å²) in [5, 5.41) is 9.42. The Bertz CT molecular complexity index is 229. The summed E-state index contributed by atoms with van der Waals surface area (Å²) in [5.74, 6) is 0.397. The Labute approximate surface area is 108 Å². The van der Waals surface area contributed by atoms with E-state index in [0.29, 0.717) is 5.92 Å². The average Bonchev–Trinajstić information content (AvgIpc) is 2.13. The van der Waals surface area contributed by atoms with Crippen LogP contribution in [-0.2, 0) is 0 Å². The van der Waals surface area contributed by atoms with Crippen molar-refractivity contribution in [2.75, 3.05) is 0 Å². The van der Waals surface area contributed by atoms with E-state index >= 15 is 0 Å². The molecule has 0 amide bonds. The van der Waals surface area contributed by atoms with Crippen LogP contribution < -0.4 is 0 Å². The Morgan fingerprint density at radius 3 is 2.24 bits per heavy atom. The van der Waals surface area contributed by atoms with Crippen LogP contribution in [0.25, 0.3) is 0 Å². The lowest BCUT2D eigenvalue weighted by molar-refractivity contribution is 0.166. The second-order valence-corrected chi connectivity index (χ2v) is 10.9. The van der Waals surface area contributed by atoms with E-state index in [9.17, 15) is 9.90 Å². The van der Waals surface area contributed by atoms with Gasteiger partial charge in [-0.3, -0.25) is 0 Å². The van der Waals surface area contributed by atoms with Crippen LogP contribution in [0.3, 0.4) is 0 Å². The van der Waals surface area contributed by atoms with Crippen LogP contribution in [0.2, 0.25) is 18.1 Å². The Hall–Kier alpha value is -0.123. The van der Waals surface area contributed by atoms with Crippen molar-refractivity contribution in [3.63, 3.8) is 0 Å². The molecular weight excluding hydrogens is 228 g/mol. The molecule has 102 valence electrons. The van der Waals surface area contributed by atoms with E-state index in [2.05, 4.69) is 20.4 Å². The summed E-state index contributed by atoms with van der Waals surface area (Å²) in [7, 11) is -2.07. The second-order valence-electron chi connectivity index (χ2n) is 6.42. The van der Waals surface area contributed by atoms with Crippen LogP contribution in [0, 0.1) is 5.92 Å². The van der Waals surface area contributed by atoms with Gasteiger partial charge in [-0.05, 0) is 50.2 Å². The molecule has 0 aromatic heterocycles. The van der Waals surface area contributed by atoms with Gasteiger partial charge in [-0.25, -0.2) is 0 Å². The number of aliphatic hydroxyl groups excluding tert-OH is 1. The minimum absolute atomic E-state index is 0.0591. The molecule has 0 heterocycles. The molecule has 0 spiro atoms. The minimum atomic E-state index is -2.07. The highest BCUT2D eigenvalue weighted by Gasteiger charge is 2.37. The summed E-state index contributed by atoms with van der Waals surface area (Å²) in [5.41, 5.74) is 0. The number of hydrogen-bond acceptors (Lipinski definition) is 2. The van der Waals surface area contributed by atoms with Gasteiger partial charge in [0, 0.05) is 0 Å². The van der Waals surface area contributed by atoms with E-state index in [-0.39, 0.29) is 11.1 Å². The first-order valence-electron chi connectivity index (χ1n) is 6.63. The molecule has 0 fully saturated rings. The molecule has 2 N–H and O–H groups in total. The maximum atomic E-state index is 10.2. The third-order valence-electron chi connectivity index (χ3n) is 4.01. The zero-order valence-electron chi connectivity index (χ0n) is 12.2. The zero-order valence-corrected chi connectivity index (χ0v) is 13.2. The van der Waals surface area contributed by atoms with Gasteiger partial charge in [0.15, 0.2) is 8.32 Å². The molecule has 0 saturated carbocycles. The van der Waals surface area contributed by atoms with E-state index in [1.165, 1.54) is 0 Å². The third kappa shape index (κ3) is 6.39. The SMILES string of the molecule is C=C[C@H](CCCC(C)(C)[Si](C)(C)O)C[C@H](C)O. The van der Waals surface area contributed by atoms with Crippen molar-refractivity contribution in [1.29, 1.82) is 0 Å². The molecule has 0 radical (unpaired) electrons. The molecule has 17 heavy (non-hydrogen) atoms. The summed E-state index contributed by atoms with van der Waals surface area (Å²) in [6, 6.07) is 0. The lowest BCUT2D eigenvalue weighted by Gasteiger charge is -2.35. The topological polar surface area (TPSA) is 40.5 Å². The first-order chi connectivity index (χ1) is 7.60. The second kappa shape index (κ2) is 6.71. The average molecular weight is 258 g/mol. The largest absolute Gasteiger partial charge is 0.432 e. The quantitative estimate of drug-likeness (QED) is 0.515. The molecule has 0 aromatic rings. The maximum absolute atomic E-state index is 10.2. The van der Waals surface area contributed by atoms with Gasteiger partial charge < -0.3 is 9.90 Å². The smallest absolute Gasteiger partial charge is 0.188 e. The molecule has 2 atom stereocenters. The fourth-order valence-electron chi connectivity index (χ4n) is 1.88. The summed E-state index contributed by atoms with van der Waals surface area (Å²) < 4.78 is 0. The molecule has 0 unspecified atom stereocenters. The Morgan fingerprint density at radius 1 is 1.35 bits per heavy atom. The molecule has 3 heteroatoms. The summed E-state index contributed by atoms with van der Waals surface area (Å²) >= 11 is 0. The van der Waals surface area contributed by atoms with Gasteiger partial charge >= 0.3 is 0 Å². The lowest BCUT2D eigenvalue weighted by atomic mass is 9.93. The first-order valence-corrected chi connectivity index (χ1v) is 9.58.